The fourth-order valence-corrected chi connectivity index (χ4v) is 4.85. The van der Waals surface area contributed by atoms with Gasteiger partial charge in [-0.15, -0.1) is 0 Å². The first-order valence-corrected chi connectivity index (χ1v) is 11.0. The Balaban J connectivity index is 1.63. The van der Waals surface area contributed by atoms with Gasteiger partial charge in [0, 0.05) is 23.6 Å². The number of aliphatic hydroxyl groups excluding tert-OH is 1. The Labute approximate surface area is 188 Å². The number of aromatic nitrogens is 1. The van der Waals surface area contributed by atoms with Gasteiger partial charge in [-0.2, -0.15) is 5.10 Å². The van der Waals surface area contributed by atoms with Crippen LogP contribution in [0, 0.1) is 0 Å². The number of fused-ring (bicyclic) bond motifs is 2. The Morgan fingerprint density at radius 1 is 1.25 bits per heavy atom. The molecule has 4 rings (SSSR count). The van der Waals surface area contributed by atoms with Gasteiger partial charge in [0.15, 0.2) is 11.5 Å². The highest BCUT2D eigenvalue weighted by atomic mass is 35.5. The quantitative estimate of drug-likeness (QED) is 0.342. The summed E-state index contributed by atoms with van der Waals surface area (Å²) in [6, 6.07) is 12.9. The maximum Gasteiger partial charge on any atom is 0.292 e. The number of carbonyl (C=O) groups excluding carboxylic acids is 1. The largest absolute Gasteiger partial charge is 0.505 e. The lowest BCUT2D eigenvalue weighted by Gasteiger charge is -2.27. The predicted octanol–water partition coefficient (Wildman–Crippen LogP) is 2.91. The number of halogens is 1. The first-order valence-electron chi connectivity index (χ1n) is 9.23. The summed E-state index contributed by atoms with van der Waals surface area (Å²) in [4.78, 5) is 16.9. The highest BCUT2D eigenvalue weighted by molar-refractivity contribution is 7.89. The molecule has 0 unspecified atom stereocenters. The van der Waals surface area contributed by atoms with Crippen molar-refractivity contribution in [3.05, 3.63) is 70.5 Å². The van der Waals surface area contributed by atoms with Gasteiger partial charge in [0.2, 0.25) is 0 Å². The average Bonchev–Trinajstić information content (AvgIpc) is 2.78. The maximum atomic E-state index is 12.7. The van der Waals surface area contributed by atoms with Crippen molar-refractivity contribution in [3.63, 3.8) is 0 Å². The van der Waals surface area contributed by atoms with Crippen molar-refractivity contribution in [1.29, 1.82) is 0 Å². The molecule has 0 spiro atoms. The summed E-state index contributed by atoms with van der Waals surface area (Å²) < 4.78 is 31.3. The molecule has 0 aliphatic carbocycles. The molecule has 1 aromatic heterocycles. The van der Waals surface area contributed by atoms with Crippen molar-refractivity contribution in [1.82, 2.24) is 14.7 Å². The highest BCUT2D eigenvalue weighted by Gasteiger charge is 2.37. The van der Waals surface area contributed by atoms with Crippen molar-refractivity contribution in [2.24, 2.45) is 5.10 Å². The number of hydrazone groups is 1. The van der Waals surface area contributed by atoms with E-state index in [-0.39, 0.29) is 15.6 Å². The van der Waals surface area contributed by atoms with Crippen LogP contribution in [0.2, 0.25) is 5.15 Å². The van der Waals surface area contributed by atoms with Crippen molar-refractivity contribution < 1.29 is 23.1 Å². The number of rotatable bonds is 4. The Morgan fingerprint density at radius 3 is 2.75 bits per heavy atom. The normalized spacial score (nSPS) is 15.2. The summed E-state index contributed by atoms with van der Waals surface area (Å²) in [6.45, 7) is 0. The molecular weight excluding hydrogens is 456 g/mol. The zero-order valence-corrected chi connectivity index (χ0v) is 18.5. The molecule has 2 N–H and O–H groups in total. The Morgan fingerprint density at radius 2 is 2.00 bits per heavy atom. The van der Waals surface area contributed by atoms with Gasteiger partial charge in [0.25, 0.3) is 15.9 Å². The van der Waals surface area contributed by atoms with Gasteiger partial charge >= 0.3 is 0 Å². The number of hydrogen-bond donors (Lipinski definition) is 2. The Hall–Kier alpha value is -3.63. The monoisotopic (exact) mass is 472 g/mol. The minimum Gasteiger partial charge on any atom is -0.505 e. The first-order chi connectivity index (χ1) is 15.2. The van der Waals surface area contributed by atoms with Crippen molar-refractivity contribution in [2.45, 2.75) is 4.90 Å². The van der Waals surface area contributed by atoms with E-state index in [9.17, 15) is 18.3 Å². The van der Waals surface area contributed by atoms with Crippen LogP contribution in [0.4, 0.5) is 0 Å². The molecule has 0 atom stereocenters. The van der Waals surface area contributed by atoms with Gasteiger partial charge in [-0.1, -0.05) is 23.7 Å². The molecular formula is C21H17ClN4O5S. The minimum atomic E-state index is -4.00. The summed E-state index contributed by atoms with van der Waals surface area (Å²) in [5, 5.41) is 15.3. The smallest absolute Gasteiger partial charge is 0.292 e. The highest BCUT2D eigenvalue weighted by Crippen LogP contribution is 2.34. The van der Waals surface area contributed by atoms with E-state index in [0.29, 0.717) is 21.1 Å². The standard InChI is InChI=1S/C21H17ClN4O5S/c1-26-18(19(27)15-5-3-4-6-17(15)32(26,29)30)21(28)25-23-11-13-9-12-10-14(31-2)7-8-16(12)24-20(13)22/h3-11,27H,1-2H3,(H,25,28)/b23-11+. The molecule has 0 saturated carbocycles. The molecule has 1 amide bonds. The van der Waals surface area contributed by atoms with Crippen molar-refractivity contribution in [2.75, 3.05) is 14.2 Å². The molecule has 164 valence electrons. The van der Waals surface area contributed by atoms with Gasteiger partial charge < -0.3 is 9.84 Å². The summed E-state index contributed by atoms with van der Waals surface area (Å²) >= 11 is 6.20. The molecule has 9 nitrogen and oxygen atoms in total. The van der Waals surface area contributed by atoms with E-state index in [0.717, 1.165) is 5.39 Å². The molecule has 0 radical (unpaired) electrons. The lowest BCUT2D eigenvalue weighted by molar-refractivity contribution is -0.118. The van der Waals surface area contributed by atoms with E-state index in [1.807, 2.05) is 0 Å². The Bertz CT molecular complexity index is 1420. The van der Waals surface area contributed by atoms with E-state index in [4.69, 9.17) is 16.3 Å². The lowest BCUT2D eigenvalue weighted by atomic mass is 10.1. The number of nitrogens with zero attached hydrogens (tertiary/aromatic N) is 3. The van der Waals surface area contributed by atoms with E-state index < -0.39 is 27.4 Å². The minimum absolute atomic E-state index is 0.0375. The number of sulfonamides is 1. The third-order valence-corrected chi connectivity index (χ3v) is 7.03. The van der Waals surface area contributed by atoms with Crippen molar-refractivity contribution >= 4 is 50.4 Å². The molecule has 0 fully saturated rings. The van der Waals surface area contributed by atoms with E-state index in [1.54, 1.807) is 37.4 Å². The molecule has 0 bridgehead atoms. The second kappa shape index (κ2) is 8.13. The molecule has 32 heavy (non-hydrogen) atoms. The number of aliphatic hydroxyl groups is 1. The number of pyridine rings is 1. The lowest BCUT2D eigenvalue weighted by Crippen LogP contribution is -2.38. The molecule has 2 aromatic carbocycles. The third-order valence-electron chi connectivity index (χ3n) is 4.91. The average molecular weight is 473 g/mol. The van der Waals surface area contributed by atoms with E-state index >= 15 is 0 Å². The second-order valence-electron chi connectivity index (χ2n) is 6.79. The van der Waals surface area contributed by atoms with Crippen LogP contribution in [0.25, 0.3) is 16.7 Å². The number of hydrogen-bond acceptors (Lipinski definition) is 7. The van der Waals surface area contributed by atoms with Crippen LogP contribution in [0.15, 0.2) is 64.2 Å². The molecule has 1 aliphatic rings. The first kappa shape index (κ1) is 21.6. The number of likely N-dealkylation sites (N-methyl/N-ethyl adjacent to an activating group) is 1. The maximum absolute atomic E-state index is 12.7. The number of ether oxygens (including phenoxy) is 1. The number of methoxy groups -OCH3 is 1. The number of nitrogens with one attached hydrogen (secondary N) is 1. The molecule has 11 heteroatoms. The van der Waals surface area contributed by atoms with E-state index in [2.05, 4.69) is 15.5 Å². The van der Waals surface area contributed by atoms with Gasteiger partial charge in [-0.3, -0.25) is 9.10 Å². The van der Waals surface area contributed by atoms with Gasteiger partial charge in [0.05, 0.1) is 23.7 Å². The second-order valence-corrected chi connectivity index (χ2v) is 9.09. The summed E-state index contributed by atoms with van der Waals surface area (Å²) in [7, 11) is -1.28. The van der Waals surface area contributed by atoms with Gasteiger partial charge in [0.1, 0.15) is 10.9 Å². The van der Waals surface area contributed by atoms with Gasteiger partial charge in [-0.05, 0) is 36.4 Å². The number of amides is 1. The van der Waals surface area contributed by atoms with Crippen molar-refractivity contribution in [3.8, 4) is 5.75 Å². The van der Waals surface area contributed by atoms with Crippen LogP contribution < -0.4 is 10.2 Å². The third kappa shape index (κ3) is 3.63. The van der Waals surface area contributed by atoms with Crippen LogP contribution >= 0.6 is 11.6 Å². The molecule has 1 aliphatic heterocycles. The molecule has 3 aromatic rings. The zero-order chi connectivity index (χ0) is 23.0. The van der Waals surface area contributed by atoms with E-state index in [1.165, 1.54) is 31.5 Å². The van der Waals surface area contributed by atoms with Gasteiger partial charge in [-0.25, -0.2) is 18.8 Å². The van der Waals surface area contributed by atoms with Crippen LogP contribution in [-0.2, 0) is 14.8 Å². The fraction of sp³-hybridized carbons (Fsp3) is 0.0952. The summed E-state index contributed by atoms with van der Waals surface area (Å²) in [5.41, 5.74) is 2.88. The SMILES string of the molecule is COc1ccc2nc(Cl)c(/C=N/NC(=O)C3=C(O)c4ccccc4S(=O)(=O)N3C)cc2c1. The molecule has 2 heterocycles. The summed E-state index contributed by atoms with van der Waals surface area (Å²) in [6.07, 6.45) is 1.27. The zero-order valence-electron chi connectivity index (χ0n) is 16.9. The van der Waals surface area contributed by atoms with Crippen LogP contribution in [-0.4, -0.2) is 49.1 Å². The van der Waals surface area contributed by atoms with Crippen LogP contribution in [0.3, 0.4) is 0 Å². The fourth-order valence-electron chi connectivity index (χ4n) is 3.26. The number of benzene rings is 2. The topological polar surface area (TPSA) is 121 Å². The molecule has 0 saturated heterocycles. The predicted molar refractivity (Wildman–Crippen MR) is 120 cm³/mol. The van der Waals surface area contributed by atoms with Crippen LogP contribution in [0.1, 0.15) is 11.1 Å². The summed E-state index contributed by atoms with van der Waals surface area (Å²) in [5.74, 6) is -0.740. The van der Waals surface area contributed by atoms with Crippen LogP contribution in [0.5, 0.6) is 5.75 Å². The Kier molecular flexibility index (Phi) is 5.49. The number of carbonyl (C=O) groups is 1.